The zero-order valence-corrected chi connectivity index (χ0v) is 15.5. The van der Waals surface area contributed by atoms with Crippen molar-refractivity contribution >= 4 is 11.8 Å². The molecule has 0 bridgehead atoms. The molecule has 1 rings (SSSR count). The van der Waals surface area contributed by atoms with Gasteiger partial charge in [0.2, 0.25) is 0 Å². The maximum absolute atomic E-state index is 12.1. The minimum absolute atomic E-state index is 0.0368. The molecule has 4 atom stereocenters. The third-order valence-corrected chi connectivity index (χ3v) is 4.83. The van der Waals surface area contributed by atoms with E-state index in [1.54, 1.807) is 12.2 Å². The number of ketones is 1. The average molecular weight is 368 g/mol. The van der Waals surface area contributed by atoms with Crippen LogP contribution in [0.2, 0.25) is 0 Å². The first-order chi connectivity index (χ1) is 12.5. The Morgan fingerprint density at radius 1 is 1.31 bits per heavy atom. The molecule has 26 heavy (non-hydrogen) atoms. The summed E-state index contributed by atoms with van der Waals surface area (Å²) in [5.41, 5.74) is 0. The van der Waals surface area contributed by atoms with E-state index in [0.29, 0.717) is 25.7 Å². The summed E-state index contributed by atoms with van der Waals surface area (Å²) in [7, 11) is 0. The van der Waals surface area contributed by atoms with Gasteiger partial charge in [0.25, 0.3) is 0 Å². The Balaban J connectivity index is 2.54. The highest BCUT2D eigenvalue weighted by Crippen LogP contribution is 2.33. The summed E-state index contributed by atoms with van der Waals surface area (Å²) >= 11 is 0. The fourth-order valence-corrected chi connectivity index (χ4v) is 3.29. The molecule has 1 saturated carbocycles. The monoisotopic (exact) mass is 368 g/mol. The molecular weight excluding hydrogens is 336 g/mol. The smallest absolute Gasteiger partial charge is 0.303 e. The number of unbranched alkanes of at least 4 members (excludes halogenated alkanes) is 3. The van der Waals surface area contributed by atoms with Gasteiger partial charge in [0.15, 0.2) is 0 Å². The van der Waals surface area contributed by atoms with Crippen molar-refractivity contribution in [2.75, 3.05) is 0 Å². The summed E-state index contributed by atoms with van der Waals surface area (Å²) in [6, 6.07) is 0. The lowest BCUT2D eigenvalue weighted by atomic mass is 9.90. The number of hydrogen-bond donors (Lipinski definition) is 3. The molecule has 0 saturated heterocycles. The molecule has 3 N–H and O–H groups in total. The number of carboxylic acids is 1. The van der Waals surface area contributed by atoms with Gasteiger partial charge in [0.1, 0.15) is 11.9 Å². The molecule has 0 amide bonds. The summed E-state index contributed by atoms with van der Waals surface area (Å²) < 4.78 is 0. The molecule has 1 aliphatic carbocycles. The van der Waals surface area contributed by atoms with E-state index in [4.69, 9.17) is 10.4 Å². The van der Waals surface area contributed by atoms with Gasteiger partial charge in [-0.1, -0.05) is 50.5 Å². The van der Waals surface area contributed by atoms with Gasteiger partial charge in [0, 0.05) is 24.7 Å². The normalized spacial score (nSPS) is 24.7. The van der Waals surface area contributed by atoms with E-state index in [1.807, 2.05) is 12.2 Å². The molecule has 0 aliphatic heterocycles. The number of hydrogen-bond acceptors (Lipinski definition) is 5. The van der Waals surface area contributed by atoms with E-state index in [-0.39, 0.29) is 30.5 Å². The molecule has 0 aromatic carbocycles. The van der Waals surface area contributed by atoms with Gasteiger partial charge >= 0.3 is 5.97 Å². The van der Waals surface area contributed by atoms with Crippen molar-refractivity contribution < 1.29 is 29.9 Å². The Hall–Kier alpha value is -1.50. The van der Waals surface area contributed by atoms with E-state index in [1.165, 1.54) is 0 Å². The SMILES string of the molecule is CCCCCC(C=C[C@H]1C(O)CC(=O)[C@@H]1CC=CCCCC(=O)O)OO. The number of carboxylic acid groups (broad SMARTS) is 1. The Kier molecular flexibility index (Phi) is 11.1. The zero-order valence-electron chi connectivity index (χ0n) is 15.5. The molecule has 1 aliphatic rings. The van der Waals surface area contributed by atoms with Crippen LogP contribution in [0, 0.1) is 11.8 Å². The van der Waals surface area contributed by atoms with E-state index in [0.717, 1.165) is 19.3 Å². The Bertz CT molecular complexity index is 485. The Labute approximate surface area is 155 Å². The van der Waals surface area contributed by atoms with Crippen LogP contribution in [0.15, 0.2) is 24.3 Å². The summed E-state index contributed by atoms with van der Waals surface area (Å²) in [5, 5.41) is 27.8. The second kappa shape index (κ2) is 12.8. The van der Waals surface area contributed by atoms with Gasteiger partial charge in [-0.2, -0.15) is 0 Å². The van der Waals surface area contributed by atoms with Gasteiger partial charge in [0.05, 0.1) is 6.10 Å². The largest absolute Gasteiger partial charge is 0.481 e. The fraction of sp³-hybridized carbons (Fsp3) is 0.700. The minimum Gasteiger partial charge on any atom is -0.481 e. The van der Waals surface area contributed by atoms with E-state index in [2.05, 4.69) is 11.8 Å². The lowest BCUT2D eigenvalue weighted by Gasteiger charge is -2.17. The molecular formula is C20H32O6. The van der Waals surface area contributed by atoms with Gasteiger partial charge < -0.3 is 10.2 Å². The van der Waals surface area contributed by atoms with Crippen molar-refractivity contribution in [2.24, 2.45) is 11.8 Å². The molecule has 0 aromatic heterocycles. The van der Waals surface area contributed by atoms with Crippen molar-refractivity contribution in [3.63, 3.8) is 0 Å². The van der Waals surface area contributed by atoms with E-state index < -0.39 is 18.2 Å². The highest BCUT2D eigenvalue weighted by molar-refractivity contribution is 5.84. The standard InChI is InChI=1S/C20H32O6/c1-2-3-6-9-15(26-25)12-13-17-16(18(21)14-19(17)22)10-7-4-5-8-11-20(23)24/h4,7,12-13,15-17,19,22,25H,2-3,5-6,8-11,14H2,1H3,(H,23,24)/t15?,16-,17-,19?/m1/s1. The number of rotatable bonds is 13. The van der Waals surface area contributed by atoms with Gasteiger partial charge in [-0.15, -0.1) is 0 Å². The fourth-order valence-electron chi connectivity index (χ4n) is 3.29. The van der Waals surface area contributed by atoms with Crippen LogP contribution in [0.3, 0.4) is 0 Å². The average Bonchev–Trinajstić information content (AvgIpc) is 2.87. The predicted octanol–water partition coefficient (Wildman–Crippen LogP) is 3.75. The molecule has 1 fully saturated rings. The number of Topliss-reactive ketones (excluding diaryl/α,β-unsaturated/α-hetero) is 1. The first kappa shape index (κ1) is 22.5. The Morgan fingerprint density at radius 3 is 2.73 bits per heavy atom. The first-order valence-electron chi connectivity index (χ1n) is 9.55. The van der Waals surface area contributed by atoms with Crippen LogP contribution < -0.4 is 0 Å². The number of aliphatic hydroxyl groups excluding tert-OH is 1. The third-order valence-electron chi connectivity index (χ3n) is 4.83. The second-order valence-electron chi connectivity index (χ2n) is 6.94. The van der Waals surface area contributed by atoms with E-state index in [9.17, 15) is 14.7 Å². The van der Waals surface area contributed by atoms with Crippen molar-refractivity contribution in [3.8, 4) is 0 Å². The third kappa shape index (κ3) is 8.25. The van der Waals surface area contributed by atoms with Crippen LogP contribution in [-0.4, -0.2) is 39.4 Å². The van der Waals surface area contributed by atoms with Crippen LogP contribution in [0.25, 0.3) is 0 Å². The van der Waals surface area contributed by atoms with Gasteiger partial charge in [-0.3, -0.25) is 14.8 Å². The summed E-state index contributed by atoms with van der Waals surface area (Å²) in [6.07, 6.45) is 12.0. The number of aliphatic carboxylic acids is 1. The maximum Gasteiger partial charge on any atom is 0.303 e. The predicted molar refractivity (Wildman–Crippen MR) is 98.6 cm³/mol. The van der Waals surface area contributed by atoms with E-state index >= 15 is 0 Å². The quantitative estimate of drug-likeness (QED) is 0.198. The molecule has 0 radical (unpaired) electrons. The highest BCUT2D eigenvalue weighted by Gasteiger charge is 2.39. The van der Waals surface area contributed by atoms with Crippen molar-refractivity contribution in [2.45, 2.75) is 76.9 Å². The van der Waals surface area contributed by atoms with Gasteiger partial charge in [-0.25, -0.2) is 4.89 Å². The van der Waals surface area contributed by atoms with Crippen LogP contribution in [-0.2, 0) is 14.5 Å². The van der Waals surface area contributed by atoms with Crippen molar-refractivity contribution in [1.82, 2.24) is 0 Å². The maximum atomic E-state index is 12.1. The molecule has 2 unspecified atom stereocenters. The number of allylic oxidation sites excluding steroid dienone is 2. The van der Waals surface area contributed by atoms with Crippen LogP contribution >= 0.6 is 0 Å². The lowest BCUT2D eigenvalue weighted by molar-refractivity contribution is -0.267. The molecule has 0 aromatic rings. The molecule has 6 heteroatoms. The number of carbonyl (C=O) groups is 2. The number of aliphatic hydroxyl groups is 1. The summed E-state index contributed by atoms with van der Waals surface area (Å²) in [4.78, 5) is 27.1. The summed E-state index contributed by atoms with van der Waals surface area (Å²) in [5.74, 6) is -1.34. The van der Waals surface area contributed by atoms with Crippen LogP contribution in [0.1, 0.15) is 64.7 Å². The molecule has 0 spiro atoms. The van der Waals surface area contributed by atoms with Crippen molar-refractivity contribution in [1.29, 1.82) is 0 Å². The zero-order chi connectivity index (χ0) is 19.4. The lowest BCUT2D eigenvalue weighted by Crippen LogP contribution is -2.19. The molecule has 0 heterocycles. The van der Waals surface area contributed by atoms with Crippen molar-refractivity contribution in [3.05, 3.63) is 24.3 Å². The Morgan fingerprint density at radius 2 is 2.08 bits per heavy atom. The minimum atomic E-state index is -0.808. The molecule has 6 nitrogen and oxygen atoms in total. The van der Waals surface area contributed by atoms with Gasteiger partial charge in [-0.05, 0) is 25.7 Å². The second-order valence-corrected chi connectivity index (χ2v) is 6.94. The van der Waals surface area contributed by atoms with Crippen LogP contribution in [0.4, 0.5) is 0 Å². The topological polar surface area (TPSA) is 104 Å². The number of carbonyl (C=O) groups excluding carboxylic acids is 1. The van der Waals surface area contributed by atoms with Crippen LogP contribution in [0.5, 0.6) is 0 Å². The molecule has 148 valence electrons. The summed E-state index contributed by atoms with van der Waals surface area (Å²) in [6.45, 7) is 2.10. The highest BCUT2D eigenvalue weighted by atomic mass is 17.1. The first-order valence-corrected chi connectivity index (χ1v) is 9.55.